The van der Waals surface area contributed by atoms with Crippen molar-refractivity contribution in [2.45, 2.75) is 33.6 Å². The van der Waals surface area contributed by atoms with Gasteiger partial charge in [-0.05, 0) is 31.2 Å². The smallest absolute Gasteiger partial charge is 0.278 e. The zero-order chi connectivity index (χ0) is 28.7. The third-order valence-corrected chi connectivity index (χ3v) is 6.63. The third kappa shape index (κ3) is 7.90. The molecule has 4 rings (SSSR count). The third-order valence-electron chi connectivity index (χ3n) is 6.31. The van der Waals surface area contributed by atoms with E-state index in [0.29, 0.717) is 40.1 Å². The number of morpholine rings is 1. The van der Waals surface area contributed by atoms with Gasteiger partial charge in [0.2, 0.25) is 5.95 Å². The van der Waals surface area contributed by atoms with Gasteiger partial charge in [-0.2, -0.15) is 4.99 Å². The first-order chi connectivity index (χ1) is 19.1. The lowest BCUT2D eigenvalue weighted by Crippen LogP contribution is -2.37. The van der Waals surface area contributed by atoms with Gasteiger partial charge in [0.25, 0.3) is 5.91 Å². The van der Waals surface area contributed by atoms with Gasteiger partial charge in [-0.15, -0.1) is 0 Å². The van der Waals surface area contributed by atoms with Gasteiger partial charge in [0, 0.05) is 30.6 Å². The van der Waals surface area contributed by atoms with Crippen molar-refractivity contribution in [2.24, 2.45) is 16.1 Å². The number of nitrogens with two attached hydrogens (primary N) is 1. The first-order valence-corrected chi connectivity index (χ1v) is 13.5. The average Bonchev–Trinajstić information content (AvgIpc) is 2.92. The molecule has 212 valence electrons. The summed E-state index contributed by atoms with van der Waals surface area (Å²) in [4.78, 5) is 48.8. The van der Waals surface area contributed by atoms with Crippen molar-refractivity contribution in [3.63, 3.8) is 0 Å². The summed E-state index contributed by atoms with van der Waals surface area (Å²) in [5.41, 5.74) is 7.00. The number of Topliss-reactive ketones (excluding diaryl/α,β-unsaturated/α-hetero) is 1. The summed E-state index contributed by atoms with van der Waals surface area (Å²) in [6.07, 6.45) is 3.84. The molecule has 0 radical (unpaired) electrons. The molecule has 1 amide bonds. The molecule has 40 heavy (non-hydrogen) atoms. The van der Waals surface area contributed by atoms with E-state index < -0.39 is 11.3 Å². The average molecular weight is 568 g/mol. The Morgan fingerprint density at radius 3 is 2.70 bits per heavy atom. The van der Waals surface area contributed by atoms with E-state index in [1.807, 2.05) is 0 Å². The number of aliphatic imine (C=N–C) groups is 1. The number of ketones is 1. The lowest BCUT2D eigenvalue weighted by Gasteiger charge is -2.26. The van der Waals surface area contributed by atoms with Gasteiger partial charge in [-0.3, -0.25) is 14.5 Å². The Balaban J connectivity index is 1.46. The van der Waals surface area contributed by atoms with Crippen molar-refractivity contribution in [2.75, 3.05) is 50.0 Å². The minimum Gasteiger partial charge on any atom is -0.387 e. The maximum absolute atomic E-state index is 12.8. The van der Waals surface area contributed by atoms with Crippen LogP contribution in [0.25, 0.3) is 11.0 Å². The van der Waals surface area contributed by atoms with Gasteiger partial charge in [-0.1, -0.05) is 32.4 Å². The van der Waals surface area contributed by atoms with Crippen LogP contribution in [0.15, 0.2) is 35.7 Å². The highest BCUT2D eigenvalue weighted by Gasteiger charge is 2.22. The number of halogens is 1. The Morgan fingerprint density at radius 1 is 1.18 bits per heavy atom. The van der Waals surface area contributed by atoms with Crippen LogP contribution in [-0.2, 0) is 9.53 Å². The van der Waals surface area contributed by atoms with Gasteiger partial charge in [-0.25, -0.2) is 19.9 Å². The number of hydrogen-bond donors (Lipinski definition) is 3. The highest BCUT2D eigenvalue weighted by molar-refractivity contribution is 6.33. The fourth-order valence-electron chi connectivity index (χ4n) is 3.90. The van der Waals surface area contributed by atoms with Crippen LogP contribution in [0.5, 0.6) is 0 Å². The second-order valence-electron chi connectivity index (χ2n) is 10.5. The van der Waals surface area contributed by atoms with E-state index >= 15 is 0 Å². The van der Waals surface area contributed by atoms with Crippen molar-refractivity contribution in [1.82, 2.24) is 24.8 Å². The Bertz CT molecular complexity index is 1400. The second-order valence-corrected chi connectivity index (χ2v) is 10.9. The molecular formula is C27H34ClN9O3. The van der Waals surface area contributed by atoms with E-state index in [0.717, 1.165) is 39.3 Å². The molecule has 13 heteroatoms. The molecule has 1 saturated heterocycles. The van der Waals surface area contributed by atoms with Crippen LogP contribution in [-0.4, -0.2) is 81.8 Å². The fourth-order valence-corrected chi connectivity index (χ4v) is 4.07. The maximum atomic E-state index is 12.8. The van der Waals surface area contributed by atoms with Crippen LogP contribution in [0.4, 0.5) is 17.5 Å². The number of nitrogens with one attached hydrogen (secondary N) is 2. The number of anilines is 3. The van der Waals surface area contributed by atoms with Gasteiger partial charge in [0.15, 0.2) is 5.82 Å². The van der Waals surface area contributed by atoms with E-state index in [2.05, 4.69) is 40.5 Å². The van der Waals surface area contributed by atoms with Crippen LogP contribution >= 0.6 is 11.6 Å². The van der Waals surface area contributed by atoms with Crippen LogP contribution in [0.2, 0.25) is 5.02 Å². The minimum atomic E-state index is -0.586. The number of amidine groups is 1. The number of ether oxygens (including phenoxy) is 1. The molecule has 1 fully saturated rings. The standard InChI is InChI=1S/C27H34ClN9O3/c1-27(2,3)21(38)14-22(29)35-25(39)17-5-6-18(28)19(13-17)34-24-23-20(32-16-33-24)15-31-26(36-23)30-7-4-8-37-9-11-40-12-10-37/h5-6,13,15-16H,4,7-12,14H2,1-3H3,(H2,29,35,39)(H,30,31,36)(H,32,33,34). The Morgan fingerprint density at radius 2 is 1.95 bits per heavy atom. The zero-order valence-corrected chi connectivity index (χ0v) is 23.7. The molecule has 0 bridgehead atoms. The monoisotopic (exact) mass is 567 g/mol. The van der Waals surface area contributed by atoms with Gasteiger partial charge in [0.05, 0.1) is 36.5 Å². The van der Waals surface area contributed by atoms with E-state index in [9.17, 15) is 9.59 Å². The molecule has 1 aromatic carbocycles. The van der Waals surface area contributed by atoms with Gasteiger partial charge in [0.1, 0.15) is 29.0 Å². The van der Waals surface area contributed by atoms with Crippen molar-refractivity contribution < 1.29 is 14.3 Å². The highest BCUT2D eigenvalue weighted by Crippen LogP contribution is 2.29. The number of benzene rings is 1. The van der Waals surface area contributed by atoms with Crippen molar-refractivity contribution >= 4 is 57.6 Å². The second kappa shape index (κ2) is 13.1. The van der Waals surface area contributed by atoms with Gasteiger partial charge < -0.3 is 21.1 Å². The van der Waals surface area contributed by atoms with Crippen molar-refractivity contribution in [3.05, 3.63) is 41.3 Å². The summed E-state index contributed by atoms with van der Waals surface area (Å²) >= 11 is 6.43. The maximum Gasteiger partial charge on any atom is 0.278 e. The topological polar surface area (TPSA) is 161 Å². The molecule has 0 spiro atoms. The van der Waals surface area contributed by atoms with Gasteiger partial charge >= 0.3 is 0 Å². The van der Waals surface area contributed by atoms with Crippen molar-refractivity contribution in [3.8, 4) is 0 Å². The molecule has 0 atom stereocenters. The van der Waals surface area contributed by atoms with Crippen LogP contribution < -0.4 is 16.4 Å². The lowest BCUT2D eigenvalue weighted by atomic mass is 9.89. The number of hydrogen-bond acceptors (Lipinski definition) is 10. The lowest BCUT2D eigenvalue weighted by molar-refractivity contribution is -0.125. The molecular weight excluding hydrogens is 534 g/mol. The molecule has 3 heterocycles. The quantitative estimate of drug-likeness (QED) is 0.187. The highest BCUT2D eigenvalue weighted by atomic mass is 35.5. The number of nitrogens with zero attached hydrogens (tertiary/aromatic N) is 6. The number of rotatable bonds is 10. The first kappa shape index (κ1) is 29.2. The number of fused-ring (bicyclic) bond motifs is 1. The Hall–Kier alpha value is -3.74. The Labute approximate surface area is 237 Å². The molecule has 12 nitrogen and oxygen atoms in total. The number of aromatic nitrogens is 4. The summed E-state index contributed by atoms with van der Waals surface area (Å²) in [7, 11) is 0. The normalized spacial score (nSPS) is 14.8. The molecule has 4 N–H and O–H groups in total. The molecule has 0 aliphatic carbocycles. The molecule has 3 aromatic rings. The fraction of sp³-hybridized carbons (Fsp3) is 0.444. The van der Waals surface area contributed by atoms with E-state index in [4.69, 9.17) is 22.1 Å². The van der Waals surface area contributed by atoms with Crippen LogP contribution in [0.3, 0.4) is 0 Å². The number of carbonyl (C=O) groups is 2. The van der Waals surface area contributed by atoms with E-state index in [1.54, 1.807) is 39.1 Å². The first-order valence-electron chi connectivity index (χ1n) is 13.1. The van der Waals surface area contributed by atoms with Crippen molar-refractivity contribution in [1.29, 1.82) is 0 Å². The van der Waals surface area contributed by atoms with Crippen LogP contribution in [0.1, 0.15) is 44.0 Å². The Kier molecular flexibility index (Phi) is 9.56. The SMILES string of the molecule is CC(C)(C)C(=O)CC(N)=NC(=O)c1ccc(Cl)c(Nc2ncnc3cnc(NCCCN4CCOCC4)nc23)c1. The molecule has 1 aliphatic heterocycles. The van der Waals surface area contributed by atoms with E-state index in [-0.39, 0.29) is 23.6 Å². The predicted molar refractivity (Wildman–Crippen MR) is 155 cm³/mol. The zero-order valence-electron chi connectivity index (χ0n) is 22.9. The molecule has 2 aromatic heterocycles. The van der Waals surface area contributed by atoms with Crippen LogP contribution in [0, 0.1) is 5.41 Å². The summed E-state index contributed by atoms with van der Waals surface area (Å²) in [5.74, 6) is 0.116. The van der Waals surface area contributed by atoms with E-state index in [1.165, 1.54) is 12.4 Å². The molecule has 0 unspecified atom stereocenters. The number of carbonyl (C=O) groups excluding carboxylic acids is 2. The summed E-state index contributed by atoms with van der Waals surface area (Å²) in [6, 6.07) is 4.66. The summed E-state index contributed by atoms with van der Waals surface area (Å²) in [5, 5.41) is 6.77. The largest absolute Gasteiger partial charge is 0.387 e. The summed E-state index contributed by atoms with van der Waals surface area (Å²) < 4.78 is 5.39. The predicted octanol–water partition coefficient (Wildman–Crippen LogP) is 3.45. The number of amides is 1. The molecule has 0 saturated carbocycles. The minimum absolute atomic E-state index is 0.0437. The summed E-state index contributed by atoms with van der Waals surface area (Å²) in [6.45, 7) is 10.5. The molecule has 1 aliphatic rings.